The van der Waals surface area contributed by atoms with Crippen LogP contribution in [-0.4, -0.2) is 29.3 Å². The number of thioether (sulfide) groups is 1. The largest absolute Gasteiger partial charge is 0.506 e. The number of carbonyl (C=O) groups excluding carboxylic acids is 1. The summed E-state index contributed by atoms with van der Waals surface area (Å²) in [5.74, 6) is -0.179. The topological polar surface area (TPSA) is 68.1 Å². The van der Waals surface area contributed by atoms with E-state index in [0.717, 1.165) is 5.56 Å². The van der Waals surface area contributed by atoms with Crippen LogP contribution >= 0.6 is 23.4 Å². The first kappa shape index (κ1) is 21.0. The van der Waals surface area contributed by atoms with Gasteiger partial charge in [0.25, 0.3) is 0 Å². The zero-order chi connectivity index (χ0) is 20.8. The molecule has 0 aliphatic carbocycles. The lowest BCUT2D eigenvalue weighted by molar-refractivity contribution is -0.138. The molecule has 0 spiro atoms. The quantitative estimate of drug-likeness (QED) is 0.576. The van der Waals surface area contributed by atoms with Crippen molar-refractivity contribution in [3.8, 4) is 5.75 Å². The molecular weight excluding hydrogens is 410 g/mol. The fourth-order valence-corrected chi connectivity index (χ4v) is 3.92. The van der Waals surface area contributed by atoms with Gasteiger partial charge in [0.15, 0.2) is 0 Å². The number of esters is 1. The molecule has 5 nitrogen and oxygen atoms in total. The van der Waals surface area contributed by atoms with Crippen LogP contribution in [0.4, 0.5) is 5.69 Å². The van der Waals surface area contributed by atoms with Gasteiger partial charge in [-0.2, -0.15) is 0 Å². The van der Waals surface area contributed by atoms with E-state index in [4.69, 9.17) is 21.1 Å². The number of aliphatic imine (C=N–C) groups is 1. The predicted octanol–water partition coefficient (Wildman–Crippen LogP) is 5.93. The number of para-hydroxylation sites is 1. The molecule has 0 unspecified atom stereocenters. The van der Waals surface area contributed by atoms with Crippen LogP contribution in [0.2, 0.25) is 5.02 Å². The van der Waals surface area contributed by atoms with E-state index in [2.05, 4.69) is 4.99 Å². The second kappa shape index (κ2) is 9.67. The number of halogens is 1. The standard InChI is InChI=1S/C22H20ClNO4S/c1-3-27-17-11-10-14(12-16(17)23)13-18-20(25)19(22(26)28-4-2)21(29-18)24-15-8-6-5-7-9-15/h5-13,25H,3-4H2,1-2H3/b18-13-,24-21?. The Hall–Kier alpha value is -2.70. The number of carbonyl (C=O) groups is 1. The van der Waals surface area contributed by atoms with Crippen molar-refractivity contribution in [2.75, 3.05) is 13.2 Å². The third-order valence-corrected chi connectivity index (χ3v) is 5.23. The van der Waals surface area contributed by atoms with Crippen LogP contribution in [0.1, 0.15) is 19.4 Å². The van der Waals surface area contributed by atoms with Crippen molar-refractivity contribution in [3.63, 3.8) is 0 Å². The highest BCUT2D eigenvalue weighted by Gasteiger charge is 2.33. The third-order valence-electron chi connectivity index (χ3n) is 3.91. The number of nitrogens with zero attached hydrogens (tertiary/aromatic N) is 1. The van der Waals surface area contributed by atoms with Gasteiger partial charge in [0.2, 0.25) is 0 Å². The summed E-state index contributed by atoms with van der Waals surface area (Å²) in [6.45, 7) is 4.31. The van der Waals surface area contributed by atoms with Crippen LogP contribution in [-0.2, 0) is 9.53 Å². The lowest BCUT2D eigenvalue weighted by atomic mass is 10.1. The molecule has 3 rings (SSSR count). The minimum Gasteiger partial charge on any atom is -0.506 e. The molecule has 7 heteroatoms. The van der Waals surface area contributed by atoms with Crippen LogP contribution in [0.25, 0.3) is 6.08 Å². The van der Waals surface area contributed by atoms with E-state index >= 15 is 0 Å². The van der Waals surface area contributed by atoms with Crippen molar-refractivity contribution < 1.29 is 19.4 Å². The number of aliphatic hydroxyl groups excluding tert-OH is 1. The number of rotatable bonds is 6. The monoisotopic (exact) mass is 429 g/mol. The first-order valence-electron chi connectivity index (χ1n) is 9.10. The van der Waals surface area contributed by atoms with E-state index in [9.17, 15) is 9.90 Å². The van der Waals surface area contributed by atoms with Gasteiger partial charge in [0.05, 0.1) is 28.8 Å². The van der Waals surface area contributed by atoms with Crippen molar-refractivity contribution in [1.82, 2.24) is 0 Å². The van der Waals surface area contributed by atoms with E-state index in [1.165, 1.54) is 11.8 Å². The minimum atomic E-state index is -0.611. The zero-order valence-corrected chi connectivity index (χ0v) is 17.6. The van der Waals surface area contributed by atoms with Gasteiger partial charge in [-0.25, -0.2) is 9.79 Å². The molecule has 29 heavy (non-hydrogen) atoms. The van der Waals surface area contributed by atoms with E-state index < -0.39 is 5.97 Å². The van der Waals surface area contributed by atoms with Crippen LogP contribution < -0.4 is 4.74 Å². The second-order valence-corrected chi connectivity index (χ2v) is 7.37. The summed E-state index contributed by atoms with van der Waals surface area (Å²) in [5.41, 5.74) is 1.50. The Morgan fingerprint density at radius 2 is 1.93 bits per heavy atom. The Balaban J connectivity index is 2.00. The summed E-state index contributed by atoms with van der Waals surface area (Å²) in [4.78, 5) is 17.4. The number of hydrogen-bond acceptors (Lipinski definition) is 6. The van der Waals surface area contributed by atoms with E-state index in [0.29, 0.717) is 33.0 Å². The van der Waals surface area contributed by atoms with Crippen LogP contribution in [0, 0.1) is 0 Å². The maximum atomic E-state index is 12.4. The average Bonchev–Trinajstić information content (AvgIpc) is 3.00. The summed E-state index contributed by atoms with van der Waals surface area (Å²) < 4.78 is 10.6. The lowest BCUT2D eigenvalue weighted by Crippen LogP contribution is -2.12. The fraction of sp³-hybridized carbons (Fsp3) is 0.182. The molecule has 1 aliphatic rings. The maximum absolute atomic E-state index is 12.4. The van der Waals surface area contributed by atoms with Gasteiger partial charge >= 0.3 is 5.97 Å². The summed E-state index contributed by atoms with van der Waals surface area (Å²) >= 11 is 7.46. The molecule has 0 atom stereocenters. The van der Waals surface area contributed by atoms with Gasteiger partial charge in [-0.3, -0.25) is 0 Å². The molecule has 0 saturated carbocycles. The number of benzene rings is 2. The van der Waals surface area contributed by atoms with Crippen molar-refractivity contribution in [2.24, 2.45) is 4.99 Å². The maximum Gasteiger partial charge on any atom is 0.344 e. The van der Waals surface area contributed by atoms with Gasteiger partial charge in [-0.05, 0) is 49.8 Å². The Morgan fingerprint density at radius 3 is 2.59 bits per heavy atom. The van der Waals surface area contributed by atoms with Gasteiger partial charge in [-0.1, -0.05) is 47.6 Å². The molecule has 0 amide bonds. The van der Waals surface area contributed by atoms with Crippen LogP contribution in [0.15, 0.2) is 69.8 Å². The zero-order valence-electron chi connectivity index (χ0n) is 16.0. The van der Waals surface area contributed by atoms with E-state index in [1.54, 1.807) is 25.1 Å². The highest BCUT2D eigenvalue weighted by Crippen LogP contribution is 2.40. The molecule has 2 aromatic carbocycles. The van der Waals surface area contributed by atoms with E-state index in [-0.39, 0.29) is 17.9 Å². The normalized spacial score (nSPS) is 16.5. The molecule has 0 fully saturated rings. The summed E-state index contributed by atoms with van der Waals surface area (Å²) in [7, 11) is 0. The first-order valence-corrected chi connectivity index (χ1v) is 10.3. The van der Waals surface area contributed by atoms with Crippen molar-refractivity contribution in [2.45, 2.75) is 13.8 Å². The van der Waals surface area contributed by atoms with E-state index in [1.807, 2.05) is 43.3 Å². The Kier molecular flexibility index (Phi) is 7.01. The van der Waals surface area contributed by atoms with Crippen LogP contribution in [0.5, 0.6) is 5.75 Å². The molecule has 1 N–H and O–H groups in total. The third kappa shape index (κ3) is 5.02. The molecule has 2 aromatic rings. The molecule has 0 radical (unpaired) electrons. The molecule has 0 saturated heterocycles. The summed E-state index contributed by atoms with van der Waals surface area (Å²) in [6.07, 6.45) is 1.74. The SMILES string of the molecule is CCOC(=O)C1=C(O)/C(=C/c2ccc(OCC)c(Cl)c2)SC1=Nc1ccccc1. The predicted molar refractivity (Wildman–Crippen MR) is 118 cm³/mol. The number of hydrogen-bond donors (Lipinski definition) is 1. The first-order chi connectivity index (χ1) is 14.0. The minimum absolute atomic E-state index is 0.0592. The van der Waals surface area contributed by atoms with Crippen LogP contribution in [0.3, 0.4) is 0 Å². The summed E-state index contributed by atoms with van der Waals surface area (Å²) in [5, 5.41) is 11.6. The van der Waals surface area contributed by atoms with Crippen molar-refractivity contribution in [1.29, 1.82) is 0 Å². The molecule has 1 heterocycles. The van der Waals surface area contributed by atoms with Crippen molar-refractivity contribution in [3.05, 3.63) is 75.4 Å². The Labute approximate surface area is 178 Å². The molecular formula is C22H20ClNO4S. The number of ether oxygens (including phenoxy) is 2. The summed E-state index contributed by atoms with van der Waals surface area (Å²) in [6, 6.07) is 14.6. The molecule has 150 valence electrons. The smallest absolute Gasteiger partial charge is 0.344 e. The second-order valence-electron chi connectivity index (χ2n) is 5.93. The molecule has 0 aromatic heterocycles. The highest BCUT2D eigenvalue weighted by molar-refractivity contribution is 8.18. The number of aliphatic hydroxyl groups is 1. The molecule has 0 bridgehead atoms. The van der Waals surface area contributed by atoms with Gasteiger partial charge < -0.3 is 14.6 Å². The highest BCUT2D eigenvalue weighted by atomic mass is 35.5. The average molecular weight is 430 g/mol. The fourth-order valence-electron chi connectivity index (χ4n) is 2.64. The Morgan fingerprint density at radius 1 is 1.17 bits per heavy atom. The van der Waals surface area contributed by atoms with Gasteiger partial charge in [0.1, 0.15) is 22.1 Å². The Bertz CT molecular complexity index is 999. The van der Waals surface area contributed by atoms with Crippen molar-refractivity contribution >= 4 is 46.1 Å². The van der Waals surface area contributed by atoms with Gasteiger partial charge in [0, 0.05) is 0 Å². The van der Waals surface area contributed by atoms with Gasteiger partial charge in [-0.15, -0.1) is 0 Å². The lowest BCUT2D eigenvalue weighted by Gasteiger charge is -2.06. The molecule has 1 aliphatic heterocycles.